The molecule has 0 amide bonds. The zero-order chi connectivity index (χ0) is 23.7. The molecule has 0 unspecified atom stereocenters. The average molecular weight is 640 g/mol. The number of aryl methyl sites for hydroxylation is 4. The fraction of sp³-hybridized carbons (Fsp3) is 0.129. The van der Waals surface area contributed by atoms with Gasteiger partial charge in [0, 0.05) is 24.3 Å². The molecule has 0 N–H and O–H groups in total. The van der Waals surface area contributed by atoms with Gasteiger partial charge in [-0.05, 0) is 38.5 Å². The SMILES string of the molecule is C1=[N+](c2ccccc2)C=C[N+]=1c1ccccc1.Cc1cc(C)c2[n-]c3c(C)cc(C)cc3c2c1.[Au+]. The van der Waals surface area contributed by atoms with Gasteiger partial charge in [0.2, 0.25) is 11.4 Å². The van der Waals surface area contributed by atoms with Crippen molar-refractivity contribution >= 4 is 39.2 Å². The van der Waals surface area contributed by atoms with Crippen LogP contribution < -0.4 is 4.98 Å². The number of hydrogen-bond donors (Lipinski definition) is 0. The van der Waals surface area contributed by atoms with Crippen molar-refractivity contribution in [3.05, 3.63) is 120 Å². The second kappa shape index (κ2) is 10.4. The van der Waals surface area contributed by atoms with E-state index in [1.165, 1.54) is 33.0 Å². The van der Waals surface area contributed by atoms with Crippen LogP contribution in [-0.4, -0.2) is 15.2 Å². The van der Waals surface area contributed by atoms with Gasteiger partial charge in [0.1, 0.15) is 0 Å². The van der Waals surface area contributed by atoms with E-state index in [9.17, 15) is 0 Å². The summed E-state index contributed by atoms with van der Waals surface area (Å²) in [5.41, 5.74) is 9.69. The van der Waals surface area contributed by atoms with Crippen molar-refractivity contribution in [3.63, 3.8) is 0 Å². The van der Waals surface area contributed by atoms with Crippen molar-refractivity contribution in [2.24, 2.45) is 0 Å². The molecule has 3 nitrogen and oxygen atoms in total. The molecule has 0 saturated heterocycles. The van der Waals surface area contributed by atoms with E-state index in [0.717, 1.165) is 22.4 Å². The van der Waals surface area contributed by atoms with Gasteiger partial charge in [-0.2, -0.15) is 0 Å². The molecule has 4 aromatic carbocycles. The summed E-state index contributed by atoms with van der Waals surface area (Å²) in [6.07, 6.45) is 4.00. The first-order valence-electron chi connectivity index (χ1n) is 11.6. The average Bonchev–Trinajstić information content (AvgIpc) is 3.47. The molecule has 0 saturated carbocycles. The fourth-order valence-electron chi connectivity index (χ4n) is 4.52. The van der Waals surface area contributed by atoms with E-state index in [4.69, 9.17) is 4.98 Å². The van der Waals surface area contributed by atoms with Crippen molar-refractivity contribution < 1.29 is 31.5 Å². The molecule has 1 aromatic heterocycles. The summed E-state index contributed by atoms with van der Waals surface area (Å²) in [4.78, 5) is 4.80. The number of nitrogens with zero attached hydrogens (tertiary/aromatic N) is 3. The van der Waals surface area contributed by atoms with Gasteiger partial charge in [-0.15, -0.1) is 11.0 Å². The van der Waals surface area contributed by atoms with Crippen LogP contribution in [0, 0.1) is 27.7 Å². The van der Waals surface area contributed by atoms with Crippen molar-refractivity contribution in [2.45, 2.75) is 27.7 Å². The van der Waals surface area contributed by atoms with Gasteiger partial charge in [-0.3, -0.25) is 0 Å². The molecule has 4 heteroatoms. The molecular weight excluding hydrogens is 611 g/mol. The van der Waals surface area contributed by atoms with Gasteiger partial charge in [-0.25, -0.2) is 0 Å². The van der Waals surface area contributed by atoms with Crippen LogP contribution in [0.25, 0.3) is 21.8 Å². The summed E-state index contributed by atoms with van der Waals surface area (Å²) in [6.45, 7) is 8.58. The number of aromatic nitrogens is 1. The zero-order valence-corrected chi connectivity index (χ0v) is 22.5. The Labute approximate surface area is 222 Å². The van der Waals surface area contributed by atoms with Crippen LogP contribution in [0.3, 0.4) is 0 Å². The molecule has 1 aliphatic heterocycles. The molecule has 6 rings (SSSR count). The molecule has 0 spiro atoms. The molecule has 176 valence electrons. The quantitative estimate of drug-likeness (QED) is 0.145. The van der Waals surface area contributed by atoms with Gasteiger partial charge in [0.05, 0.1) is 0 Å². The van der Waals surface area contributed by atoms with Crippen LogP contribution >= 0.6 is 0 Å². The summed E-state index contributed by atoms with van der Waals surface area (Å²) >= 11 is 0. The van der Waals surface area contributed by atoms with Gasteiger partial charge in [0.15, 0.2) is 0 Å². The first kappa shape index (κ1) is 24.7. The molecule has 2 heterocycles. The van der Waals surface area contributed by atoms with E-state index in [-0.39, 0.29) is 22.4 Å². The smallest absolute Gasteiger partial charge is 0.656 e. The summed E-state index contributed by atoms with van der Waals surface area (Å²) in [5, 5.41) is 2.59. The Morgan fingerprint density at radius 3 is 1.37 bits per heavy atom. The first-order chi connectivity index (χ1) is 16.5. The Balaban J connectivity index is 0.000000160. The van der Waals surface area contributed by atoms with Crippen molar-refractivity contribution in [1.82, 2.24) is 4.98 Å². The zero-order valence-electron chi connectivity index (χ0n) is 20.4. The minimum atomic E-state index is 0. The fourth-order valence-corrected chi connectivity index (χ4v) is 4.52. The second-order valence-corrected chi connectivity index (χ2v) is 8.88. The number of benzene rings is 4. The van der Waals surface area contributed by atoms with Gasteiger partial charge in [0.25, 0.3) is 12.4 Å². The molecular formula is C31H28AuN3+2. The Bertz CT molecular complexity index is 1490. The number of hydrogen-bond acceptors (Lipinski definition) is 0. The van der Waals surface area contributed by atoms with Crippen molar-refractivity contribution in [2.75, 3.05) is 0 Å². The maximum absolute atomic E-state index is 4.80. The monoisotopic (exact) mass is 639 g/mol. The second-order valence-electron chi connectivity index (χ2n) is 8.88. The minimum Gasteiger partial charge on any atom is -0.656 e. The Morgan fingerprint density at radius 1 is 0.571 bits per heavy atom. The predicted octanol–water partition coefficient (Wildman–Crippen LogP) is 7.51. The van der Waals surface area contributed by atoms with Crippen LogP contribution in [0.15, 0.2) is 97.3 Å². The Morgan fingerprint density at radius 2 is 0.971 bits per heavy atom. The minimum absolute atomic E-state index is 0. The molecule has 0 bridgehead atoms. The molecule has 0 radical (unpaired) electrons. The number of rotatable bonds is 2. The maximum atomic E-state index is 4.80. The van der Waals surface area contributed by atoms with E-state index >= 15 is 0 Å². The third-order valence-electron chi connectivity index (χ3n) is 6.05. The van der Waals surface area contributed by atoms with E-state index in [1.807, 2.05) is 57.9 Å². The molecule has 0 atom stereocenters. The predicted molar refractivity (Wildman–Crippen MR) is 141 cm³/mol. The largest absolute Gasteiger partial charge is 1.00 e. The number of fused-ring (bicyclic) bond motifs is 3. The first-order valence-corrected chi connectivity index (χ1v) is 11.6. The molecule has 0 aliphatic carbocycles. The summed E-state index contributed by atoms with van der Waals surface area (Å²) in [7, 11) is 0. The molecule has 5 aromatic rings. The Hall–Kier alpha value is -3.46. The van der Waals surface area contributed by atoms with E-state index in [0.29, 0.717) is 0 Å². The van der Waals surface area contributed by atoms with Crippen molar-refractivity contribution in [3.8, 4) is 0 Å². The summed E-state index contributed by atoms with van der Waals surface area (Å²) in [6, 6.07) is 32.5. The van der Waals surface area contributed by atoms with Gasteiger partial charge < -0.3 is 4.98 Å². The molecule has 0 fully saturated rings. The number of para-hydroxylation sites is 2. The molecule has 35 heavy (non-hydrogen) atoms. The van der Waals surface area contributed by atoms with Crippen LogP contribution in [0.5, 0.6) is 0 Å². The van der Waals surface area contributed by atoms with Crippen LogP contribution in [-0.2, 0) is 22.4 Å². The third-order valence-corrected chi connectivity index (χ3v) is 6.05. The topological polar surface area (TPSA) is 20.1 Å². The van der Waals surface area contributed by atoms with Crippen molar-refractivity contribution in [1.29, 1.82) is 0 Å². The maximum Gasteiger partial charge on any atom is 1.00 e. The summed E-state index contributed by atoms with van der Waals surface area (Å²) in [5.74, 6) is 0. The summed E-state index contributed by atoms with van der Waals surface area (Å²) < 4.78 is 3.96. The van der Waals surface area contributed by atoms with E-state index in [2.05, 4.69) is 82.2 Å². The van der Waals surface area contributed by atoms with Gasteiger partial charge >= 0.3 is 28.4 Å². The van der Waals surface area contributed by atoms with Crippen LogP contribution in [0.4, 0.5) is 11.4 Å². The van der Waals surface area contributed by atoms with E-state index < -0.39 is 0 Å². The van der Waals surface area contributed by atoms with Crippen LogP contribution in [0.1, 0.15) is 22.3 Å². The van der Waals surface area contributed by atoms with Gasteiger partial charge in [-0.1, -0.05) is 92.1 Å². The van der Waals surface area contributed by atoms with E-state index in [1.54, 1.807) is 0 Å². The normalized spacial score (nSPS) is 12.1. The standard InChI is InChI=1S/C16H16N.C15H12N2.Au/c1-9-5-11(3)15-13(7-9)14-8-10(2)6-12(4)16(14)17-15;1-3-7-14(8-4-1)16-11-12-17(13-16)15-9-5-2-6-10-15;/h5-8H,1-4H3;1-12H;/q-1;+2;+1. The van der Waals surface area contributed by atoms with Crippen LogP contribution in [0.2, 0.25) is 0 Å². The third kappa shape index (κ3) is 5.14. The Kier molecular flexibility index (Phi) is 7.35. The molecule has 1 aliphatic rings.